The first kappa shape index (κ1) is 20.6. The lowest BCUT2D eigenvalue weighted by atomic mass is 10.1. The maximum Gasteiger partial charge on any atom is 0.418 e. The Bertz CT molecular complexity index is 1030. The third kappa shape index (κ3) is 4.86. The number of rotatable bonds is 4. The zero-order valence-electron chi connectivity index (χ0n) is 14.2. The molecule has 0 saturated carbocycles. The highest BCUT2D eigenvalue weighted by molar-refractivity contribution is 7.13. The van der Waals surface area contributed by atoms with Crippen LogP contribution in [0.1, 0.15) is 21.6 Å². The van der Waals surface area contributed by atoms with Crippen LogP contribution in [0.15, 0.2) is 53.9 Å². The fourth-order valence-corrected chi connectivity index (χ4v) is 3.16. The van der Waals surface area contributed by atoms with Gasteiger partial charge in [-0.05, 0) is 24.3 Å². The molecule has 0 aliphatic carbocycles. The number of anilines is 1. The van der Waals surface area contributed by atoms with Gasteiger partial charge in [-0.3, -0.25) is 15.6 Å². The maximum absolute atomic E-state index is 13.0. The van der Waals surface area contributed by atoms with Crippen LogP contribution in [0.4, 0.5) is 32.0 Å². The van der Waals surface area contributed by atoms with Gasteiger partial charge >= 0.3 is 12.4 Å². The van der Waals surface area contributed by atoms with Gasteiger partial charge in [-0.25, -0.2) is 4.98 Å². The van der Waals surface area contributed by atoms with Crippen LogP contribution >= 0.6 is 11.3 Å². The first-order valence-electron chi connectivity index (χ1n) is 7.91. The van der Waals surface area contributed by atoms with Gasteiger partial charge in [0.2, 0.25) is 0 Å². The van der Waals surface area contributed by atoms with E-state index in [2.05, 4.69) is 15.8 Å². The number of hydrogen-bond donors (Lipinski definition) is 2. The summed E-state index contributed by atoms with van der Waals surface area (Å²) in [5, 5.41) is 1.46. The van der Waals surface area contributed by atoms with E-state index in [1.54, 1.807) is 0 Å². The molecule has 0 unspecified atom stereocenters. The molecule has 1 aromatic heterocycles. The van der Waals surface area contributed by atoms with Crippen LogP contribution in [0, 0.1) is 0 Å². The lowest BCUT2D eigenvalue weighted by Gasteiger charge is -2.14. The van der Waals surface area contributed by atoms with E-state index in [1.165, 1.54) is 29.6 Å². The number of halogens is 6. The van der Waals surface area contributed by atoms with E-state index < -0.39 is 29.4 Å². The van der Waals surface area contributed by atoms with Gasteiger partial charge in [-0.15, -0.1) is 11.3 Å². The van der Waals surface area contributed by atoms with E-state index in [-0.39, 0.29) is 22.0 Å². The lowest BCUT2D eigenvalue weighted by molar-refractivity contribution is -0.138. The highest BCUT2D eigenvalue weighted by atomic mass is 32.1. The second kappa shape index (κ2) is 7.74. The number of hydrazine groups is 1. The molecule has 0 fully saturated rings. The Morgan fingerprint density at radius 2 is 1.66 bits per heavy atom. The summed E-state index contributed by atoms with van der Waals surface area (Å²) in [5.41, 5.74) is 2.12. The van der Waals surface area contributed by atoms with Crippen LogP contribution in [0.25, 0.3) is 10.6 Å². The molecule has 2 N–H and O–H groups in total. The molecule has 3 rings (SSSR count). The quantitative estimate of drug-likeness (QED) is 0.417. The molecule has 3 aromatic rings. The Morgan fingerprint density at radius 1 is 0.931 bits per heavy atom. The molecule has 4 nitrogen and oxygen atoms in total. The third-order valence-corrected chi connectivity index (χ3v) is 4.61. The Hall–Kier alpha value is -3.08. The molecule has 0 radical (unpaired) electrons. The van der Waals surface area contributed by atoms with Gasteiger partial charge in [0.1, 0.15) is 10.7 Å². The normalized spacial score (nSPS) is 11.9. The van der Waals surface area contributed by atoms with Gasteiger partial charge in [0.05, 0.1) is 16.8 Å². The average Bonchev–Trinajstić information content (AvgIpc) is 3.15. The Balaban J connectivity index is 1.74. The topological polar surface area (TPSA) is 54.0 Å². The van der Waals surface area contributed by atoms with Crippen molar-refractivity contribution in [2.45, 2.75) is 12.4 Å². The number of para-hydroxylation sites is 1. The van der Waals surface area contributed by atoms with E-state index in [9.17, 15) is 31.1 Å². The van der Waals surface area contributed by atoms with Crippen LogP contribution in [0.5, 0.6) is 0 Å². The number of carbonyl (C=O) groups excluding carboxylic acids is 1. The van der Waals surface area contributed by atoms with Gasteiger partial charge in [-0.2, -0.15) is 26.3 Å². The standard InChI is InChI=1S/C18H11F6N3OS/c19-17(20,21)11-5-3-4-10(8-11)16-25-14(9-29-16)15(28)27-26-13-7-2-1-6-12(13)18(22,23)24/h1-9,26H,(H,27,28). The summed E-state index contributed by atoms with van der Waals surface area (Å²) in [6.45, 7) is 0. The number of nitrogens with one attached hydrogen (secondary N) is 2. The fourth-order valence-electron chi connectivity index (χ4n) is 2.37. The highest BCUT2D eigenvalue weighted by Gasteiger charge is 2.33. The number of thiazole rings is 1. The van der Waals surface area contributed by atoms with Crippen molar-refractivity contribution in [3.8, 4) is 10.6 Å². The van der Waals surface area contributed by atoms with Crippen molar-refractivity contribution >= 4 is 22.9 Å². The summed E-state index contributed by atoms with van der Waals surface area (Å²) in [7, 11) is 0. The van der Waals surface area contributed by atoms with Gasteiger partial charge in [0.15, 0.2) is 0 Å². The predicted octanol–water partition coefficient (Wildman–Crippen LogP) is 5.60. The van der Waals surface area contributed by atoms with Crippen molar-refractivity contribution in [2.75, 3.05) is 5.43 Å². The zero-order valence-corrected chi connectivity index (χ0v) is 15.0. The number of aromatic nitrogens is 1. The Morgan fingerprint density at radius 3 is 2.34 bits per heavy atom. The summed E-state index contributed by atoms with van der Waals surface area (Å²) >= 11 is 0.932. The van der Waals surface area contributed by atoms with Crippen molar-refractivity contribution in [2.24, 2.45) is 0 Å². The minimum absolute atomic E-state index is 0.153. The molecule has 0 spiro atoms. The van der Waals surface area contributed by atoms with Crippen molar-refractivity contribution in [1.82, 2.24) is 10.4 Å². The Kier molecular flexibility index (Phi) is 5.51. The predicted molar refractivity (Wildman–Crippen MR) is 95.1 cm³/mol. The van der Waals surface area contributed by atoms with Crippen LogP contribution in [0.2, 0.25) is 0 Å². The molecular formula is C18H11F6N3OS. The molecule has 1 heterocycles. The monoisotopic (exact) mass is 431 g/mol. The molecule has 152 valence electrons. The first-order chi connectivity index (χ1) is 13.6. The third-order valence-electron chi connectivity index (χ3n) is 3.72. The Labute approximate surface area is 164 Å². The van der Waals surface area contributed by atoms with Crippen molar-refractivity contribution in [3.63, 3.8) is 0 Å². The lowest BCUT2D eigenvalue weighted by Crippen LogP contribution is -2.30. The molecule has 0 aliphatic heterocycles. The van der Waals surface area contributed by atoms with Crippen LogP contribution in [-0.2, 0) is 12.4 Å². The van der Waals surface area contributed by atoms with Gasteiger partial charge in [0.25, 0.3) is 5.91 Å². The summed E-state index contributed by atoms with van der Waals surface area (Å²) < 4.78 is 77.4. The van der Waals surface area contributed by atoms with Crippen LogP contribution in [-0.4, -0.2) is 10.9 Å². The van der Waals surface area contributed by atoms with E-state index in [4.69, 9.17) is 0 Å². The minimum atomic E-state index is -4.62. The number of amides is 1. The molecule has 1 amide bonds. The van der Waals surface area contributed by atoms with Crippen molar-refractivity contribution in [1.29, 1.82) is 0 Å². The SMILES string of the molecule is O=C(NNc1ccccc1C(F)(F)F)c1csc(-c2cccc(C(F)(F)F)c2)n1. The second-order valence-corrected chi connectivity index (χ2v) is 6.60. The molecule has 0 saturated heterocycles. The van der Waals surface area contributed by atoms with Crippen LogP contribution in [0.3, 0.4) is 0 Å². The second-order valence-electron chi connectivity index (χ2n) is 5.74. The fraction of sp³-hybridized carbons (Fsp3) is 0.111. The largest absolute Gasteiger partial charge is 0.418 e. The number of hydrogen-bond acceptors (Lipinski definition) is 4. The minimum Gasteiger partial charge on any atom is -0.298 e. The molecular weight excluding hydrogens is 420 g/mol. The van der Waals surface area contributed by atoms with E-state index in [1.807, 2.05) is 0 Å². The van der Waals surface area contributed by atoms with Crippen molar-refractivity contribution in [3.05, 3.63) is 70.7 Å². The molecule has 0 aliphatic rings. The van der Waals surface area contributed by atoms with E-state index in [0.29, 0.717) is 0 Å². The molecule has 2 aromatic carbocycles. The number of nitrogens with zero attached hydrogens (tertiary/aromatic N) is 1. The van der Waals surface area contributed by atoms with Gasteiger partial charge in [-0.1, -0.05) is 24.3 Å². The molecule has 29 heavy (non-hydrogen) atoms. The number of benzene rings is 2. The summed E-state index contributed by atoms with van der Waals surface area (Å²) in [5.74, 6) is -0.837. The molecule has 0 atom stereocenters. The molecule has 11 heteroatoms. The average molecular weight is 431 g/mol. The molecule has 0 bridgehead atoms. The van der Waals surface area contributed by atoms with Crippen molar-refractivity contribution < 1.29 is 31.1 Å². The van der Waals surface area contributed by atoms with Gasteiger partial charge in [0, 0.05) is 10.9 Å². The maximum atomic E-state index is 13.0. The van der Waals surface area contributed by atoms with Crippen LogP contribution < -0.4 is 10.9 Å². The number of alkyl halides is 6. The number of carbonyl (C=O) groups is 1. The summed E-state index contributed by atoms with van der Waals surface area (Å²) in [6, 6.07) is 8.99. The first-order valence-corrected chi connectivity index (χ1v) is 8.79. The van der Waals surface area contributed by atoms with E-state index in [0.717, 1.165) is 35.6 Å². The smallest absolute Gasteiger partial charge is 0.298 e. The summed E-state index contributed by atoms with van der Waals surface area (Å²) in [4.78, 5) is 16.1. The highest BCUT2D eigenvalue weighted by Crippen LogP contribution is 2.35. The van der Waals surface area contributed by atoms with Gasteiger partial charge < -0.3 is 0 Å². The zero-order chi connectivity index (χ0) is 21.2. The summed E-state index contributed by atoms with van der Waals surface area (Å²) in [6.07, 6.45) is -9.14. The van der Waals surface area contributed by atoms with E-state index >= 15 is 0 Å².